The Morgan fingerprint density at radius 3 is 1.41 bits per heavy atom. The second-order valence-corrected chi connectivity index (χ2v) is 17.0. The molecule has 1 fully saturated rings. The van der Waals surface area contributed by atoms with Gasteiger partial charge in [-0.25, -0.2) is 0 Å². The van der Waals surface area contributed by atoms with Crippen molar-refractivity contribution >= 4 is 12.6 Å². The summed E-state index contributed by atoms with van der Waals surface area (Å²) in [5, 5.41) is 1.58. The fourth-order valence-corrected chi connectivity index (χ4v) is 7.50. The average molecular weight is 420 g/mol. The highest BCUT2D eigenvalue weighted by Crippen LogP contribution is 2.58. The molecule has 0 atom stereocenters. The van der Waals surface area contributed by atoms with Crippen LogP contribution in [-0.4, -0.2) is 48.8 Å². The molecule has 166 valence electrons. The summed E-state index contributed by atoms with van der Waals surface area (Å²) in [4.78, 5) is 5.54. The summed E-state index contributed by atoms with van der Waals surface area (Å²) in [6, 6.07) is 11.4. The van der Waals surface area contributed by atoms with Crippen LogP contribution in [0.4, 0.5) is 0 Å². The number of rotatable bonds is 5. The third-order valence-electron chi connectivity index (χ3n) is 8.10. The maximum Gasteiger partial charge on any atom is 0.118 e. The van der Waals surface area contributed by atoms with Crippen LogP contribution in [0.1, 0.15) is 69.2 Å². The van der Waals surface area contributed by atoms with Crippen LogP contribution in [0.5, 0.6) is 0 Å². The molecule has 1 saturated heterocycles. The average Bonchev–Trinajstić information content (AvgIpc) is 2.52. The highest BCUT2D eigenvalue weighted by molar-refractivity contribution is 7.82. The van der Waals surface area contributed by atoms with Crippen molar-refractivity contribution in [3.8, 4) is 0 Å². The molecule has 0 unspecified atom stereocenters. The summed E-state index contributed by atoms with van der Waals surface area (Å²) >= 11 is 0. The van der Waals surface area contributed by atoms with E-state index in [4.69, 9.17) is 0 Å². The van der Waals surface area contributed by atoms with E-state index in [0.29, 0.717) is 10.8 Å². The van der Waals surface area contributed by atoms with Gasteiger partial charge in [-0.1, -0.05) is 87.4 Å². The van der Waals surface area contributed by atoms with Gasteiger partial charge in [0.05, 0.1) is 25.9 Å². The molecule has 0 spiro atoms. The minimum absolute atomic E-state index is 0.275. The molecule has 0 radical (unpaired) electrons. The van der Waals surface area contributed by atoms with Gasteiger partial charge in [0.1, 0.15) is 12.6 Å². The highest BCUT2D eigenvalue weighted by Gasteiger charge is 2.47. The van der Waals surface area contributed by atoms with Crippen molar-refractivity contribution in [2.75, 3.05) is 39.0 Å². The van der Waals surface area contributed by atoms with Crippen LogP contribution in [0.15, 0.2) is 30.3 Å². The Hall–Kier alpha value is -0.430. The summed E-state index contributed by atoms with van der Waals surface area (Å²) in [6.07, 6.45) is 2.48. The van der Waals surface area contributed by atoms with E-state index in [2.05, 4.69) is 116 Å². The van der Waals surface area contributed by atoms with Crippen LogP contribution in [0.3, 0.4) is 0 Å². The predicted molar refractivity (Wildman–Crippen MR) is 133 cm³/mol. The number of hydrogen-bond donors (Lipinski definition) is 0. The summed E-state index contributed by atoms with van der Waals surface area (Å²) in [5.74, 6) is 0. The van der Waals surface area contributed by atoms with Crippen LogP contribution in [-0.2, 0) is 0 Å². The van der Waals surface area contributed by atoms with Crippen molar-refractivity contribution in [2.24, 2.45) is 21.7 Å². The van der Waals surface area contributed by atoms with E-state index < -0.39 is 7.26 Å². The van der Waals surface area contributed by atoms with Crippen molar-refractivity contribution in [2.45, 2.75) is 69.2 Å². The van der Waals surface area contributed by atoms with E-state index in [0.717, 1.165) is 19.8 Å². The molecule has 0 bridgehead atoms. The summed E-state index contributed by atoms with van der Waals surface area (Å²) in [7, 11) is -1.25. The molecule has 1 aromatic rings. The first-order valence-corrected chi connectivity index (χ1v) is 13.9. The fourth-order valence-electron chi connectivity index (χ4n) is 4.04. The van der Waals surface area contributed by atoms with Gasteiger partial charge in [-0.3, -0.25) is 9.80 Å². The quantitative estimate of drug-likeness (QED) is 0.496. The highest BCUT2D eigenvalue weighted by atomic mass is 31.2. The zero-order valence-electron chi connectivity index (χ0n) is 21.3. The molecule has 0 aliphatic carbocycles. The maximum atomic E-state index is 2.77. The maximum absolute atomic E-state index is 2.77. The molecule has 1 aliphatic rings. The third-order valence-corrected chi connectivity index (χ3v) is 11.7. The van der Waals surface area contributed by atoms with E-state index in [1.807, 2.05) is 0 Å². The minimum atomic E-state index is -1.25. The van der Waals surface area contributed by atoms with E-state index in [-0.39, 0.29) is 10.8 Å². The zero-order valence-corrected chi connectivity index (χ0v) is 22.2. The van der Waals surface area contributed by atoms with Gasteiger partial charge in [-0.15, -0.1) is 0 Å². The van der Waals surface area contributed by atoms with Gasteiger partial charge in [0.25, 0.3) is 0 Å². The molecule has 0 amide bonds. The van der Waals surface area contributed by atoms with Gasteiger partial charge in [0.2, 0.25) is 0 Å². The van der Waals surface area contributed by atoms with Gasteiger partial charge in [-0.2, -0.15) is 0 Å². The van der Waals surface area contributed by atoms with Crippen LogP contribution in [0.25, 0.3) is 0 Å². The molecule has 2 nitrogen and oxygen atoms in total. The lowest BCUT2D eigenvalue weighted by Gasteiger charge is -2.50. The smallest absolute Gasteiger partial charge is 0.118 e. The Kier molecular flexibility index (Phi) is 7.07. The molecule has 0 N–H and O–H groups in total. The Balaban J connectivity index is 2.33. The molecular weight excluding hydrogens is 371 g/mol. The van der Waals surface area contributed by atoms with Gasteiger partial charge in [-0.05, 0) is 33.8 Å². The summed E-state index contributed by atoms with van der Waals surface area (Å²) in [5.41, 5.74) is 1.14. The molecule has 1 heterocycles. The van der Waals surface area contributed by atoms with E-state index in [1.54, 1.807) is 5.30 Å². The largest absolute Gasteiger partial charge is 0.257 e. The Morgan fingerprint density at radius 1 is 0.690 bits per heavy atom. The van der Waals surface area contributed by atoms with Crippen molar-refractivity contribution < 1.29 is 0 Å². The number of benzene rings is 1. The molecule has 1 aliphatic heterocycles. The molecular formula is C26H48N2P+. The van der Waals surface area contributed by atoms with Crippen molar-refractivity contribution in [1.29, 1.82) is 0 Å². The van der Waals surface area contributed by atoms with Crippen LogP contribution in [0.2, 0.25) is 0 Å². The summed E-state index contributed by atoms with van der Waals surface area (Å²) in [6.45, 7) is 30.1. The monoisotopic (exact) mass is 419 g/mol. The Labute approximate surface area is 182 Å². The van der Waals surface area contributed by atoms with Gasteiger partial charge in [0.15, 0.2) is 0 Å². The zero-order chi connectivity index (χ0) is 22.3. The normalized spacial score (nSPS) is 20.1. The molecule has 29 heavy (non-hydrogen) atoms. The van der Waals surface area contributed by atoms with Crippen molar-refractivity contribution in [3.05, 3.63) is 30.3 Å². The lowest BCUT2D eigenvalue weighted by Crippen LogP contribution is -2.55. The topological polar surface area (TPSA) is 6.48 Å². The molecule has 0 saturated carbocycles. The Morgan fingerprint density at radius 2 is 1.07 bits per heavy atom. The molecule has 2 rings (SSSR count). The third kappa shape index (κ3) is 5.84. The number of hydrogen-bond acceptors (Lipinski definition) is 2. The van der Waals surface area contributed by atoms with Gasteiger partial charge >= 0.3 is 0 Å². The van der Waals surface area contributed by atoms with Crippen molar-refractivity contribution in [3.63, 3.8) is 0 Å². The van der Waals surface area contributed by atoms with E-state index in [9.17, 15) is 0 Å². The second kappa shape index (κ2) is 8.25. The van der Waals surface area contributed by atoms with Crippen LogP contribution in [0, 0.1) is 21.7 Å². The minimum Gasteiger partial charge on any atom is -0.257 e. The molecule has 0 aromatic heterocycles. The lowest BCUT2D eigenvalue weighted by molar-refractivity contribution is 0.0164. The van der Waals surface area contributed by atoms with E-state index in [1.165, 1.54) is 12.6 Å². The second-order valence-electron chi connectivity index (χ2n) is 13.1. The first kappa shape index (κ1) is 24.8. The fraction of sp³-hybridized carbons (Fsp3) is 0.769. The first-order chi connectivity index (χ1) is 13.0. The van der Waals surface area contributed by atoms with E-state index >= 15 is 0 Å². The summed E-state index contributed by atoms with van der Waals surface area (Å²) < 4.78 is 0. The molecule has 3 heteroatoms. The van der Waals surface area contributed by atoms with Gasteiger partial charge in [0, 0.05) is 13.1 Å². The SMILES string of the molecule is CC(C)(C)C(C)(C)CN1CN(CC(C)(C)C(C)(C)C)C[P+](C)(c2ccccc2)C1. The lowest BCUT2D eigenvalue weighted by atomic mass is 9.69. The first-order valence-electron chi connectivity index (χ1n) is 11.3. The predicted octanol–water partition coefficient (Wildman–Crippen LogP) is 6.59. The number of nitrogens with zero attached hydrogens (tertiary/aromatic N) is 2. The standard InChI is InChI=1S/C26H48N2P/c1-23(2,3)25(7,8)17-27-19-28(18-26(9,10)24(4,5)6)21-29(11,20-27)22-15-13-12-14-16-22/h12-16H,17-21H2,1-11H3/q+1. The molecule has 1 aromatic carbocycles. The van der Waals surface area contributed by atoms with Crippen LogP contribution < -0.4 is 5.30 Å². The van der Waals surface area contributed by atoms with Crippen molar-refractivity contribution in [1.82, 2.24) is 9.80 Å². The van der Waals surface area contributed by atoms with Gasteiger partial charge < -0.3 is 0 Å². The van der Waals surface area contributed by atoms with Crippen LogP contribution >= 0.6 is 7.26 Å². The Bertz CT molecular complexity index is 628.